The zero-order chi connectivity index (χ0) is 26.7. The molecule has 3 heterocycles. The fourth-order valence-electron chi connectivity index (χ4n) is 4.86. The molecule has 1 saturated heterocycles. The lowest BCUT2D eigenvalue weighted by atomic mass is 10.00. The molecule has 1 aliphatic rings. The number of rotatable bonds is 9. The molecule has 2 aromatic heterocycles. The van der Waals surface area contributed by atoms with Crippen LogP contribution in [0.2, 0.25) is 0 Å². The third-order valence-electron chi connectivity index (χ3n) is 6.83. The van der Waals surface area contributed by atoms with Crippen LogP contribution >= 0.6 is 0 Å². The fourth-order valence-corrected chi connectivity index (χ4v) is 4.86. The molecular formula is C28H38N4O5. The first-order chi connectivity index (χ1) is 17.6. The lowest BCUT2D eigenvalue weighted by Crippen LogP contribution is -2.46. The monoisotopic (exact) mass is 510 g/mol. The molecule has 0 aliphatic carbocycles. The number of imidazole rings is 1. The summed E-state index contributed by atoms with van der Waals surface area (Å²) in [5, 5.41) is 13.3. The molecule has 1 aliphatic heterocycles. The molecule has 0 spiro atoms. The Hall–Kier alpha value is -3.01. The van der Waals surface area contributed by atoms with Crippen LogP contribution in [0.4, 0.5) is 0 Å². The van der Waals surface area contributed by atoms with E-state index < -0.39 is 18.1 Å². The molecule has 2 N–H and O–H groups in total. The fraction of sp³-hybridized carbons (Fsp3) is 0.536. The number of aromatic nitrogens is 3. The van der Waals surface area contributed by atoms with E-state index in [1.165, 1.54) is 0 Å². The van der Waals surface area contributed by atoms with Gasteiger partial charge in [-0.15, -0.1) is 0 Å². The number of esters is 1. The number of hydrogen-bond donors (Lipinski definition) is 2. The van der Waals surface area contributed by atoms with Gasteiger partial charge in [-0.25, -0.2) is 4.98 Å². The summed E-state index contributed by atoms with van der Waals surface area (Å²) < 4.78 is 14.7. The SMILES string of the molecule is Cc1cc(-c2nc3cc(CN[C@H](C(=O)OC(C)C)[C@H](C)O)ccc3n2CC2CCOCC2)cn(C)c1=O. The predicted molar refractivity (Wildman–Crippen MR) is 142 cm³/mol. The van der Waals surface area contributed by atoms with E-state index in [4.69, 9.17) is 14.5 Å². The highest BCUT2D eigenvalue weighted by Gasteiger charge is 2.26. The van der Waals surface area contributed by atoms with Gasteiger partial charge in [0.2, 0.25) is 0 Å². The molecule has 37 heavy (non-hydrogen) atoms. The maximum Gasteiger partial charge on any atom is 0.326 e. The number of hydrogen-bond acceptors (Lipinski definition) is 7. The first-order valence-electron chi connectivity index (χ1n) is 13.0. The standard InChI is InChI=1S/C28H38N4O5/c1-17(2)37-28(35)25(19(4)33)29-14-21-6-7-24-23(13-21)30-26(22-12-18(3)27(34)31(5)16-22)32(24)15-20-8-10-36-11-9-20/h6-7,12-13,16-17,19-20,25,29,33H,8-11,14-15H2,1-5H3/t19-,25-/m0/s1. The Balaban J connectivity index is 1.67. The van der Waals surface area contributed by atoms with Crippen molar-refractivity contribution >= 4 is 17.0 Å². The normalized spacial score (nSPS) is 16.3. The number of ether oxygens (including phenoxy) is 2. The number of nitrogens with one attached hydrogen (secondary N) is 1. The van der Waals surface area contributed by atoms with Gasteiger partial charge in [0.05, 0.1) is 23.2 Å². The molecule has 9 nitrogen and oxygen atoms in total. The molecule has 0 amide bonds. The van der Waals surface area contributed by atoms with Gasteiger partial charge in [0.15, 0.2) is 0 Å². The van der Waals surface area contributed by atoms with Crippen molar-refractivity contribution in [3.8, 4) is 11.4 Å². The number of carbonyl (C=O) groups is 1. The molecule has 4 rings (SSSR count). The first kappa shape index (κ1) is 27.0. The van der Waals surface area contributed by atoms with Crippen molar-refractivity contribution < 1.29 is 19.4 Å². The minimum Gasteiger partial charge on any atom is -0.462 e. The van der Waals surface area contributed by atoms with Gasteiger partial charge in [-0.1, -0.05) is 6.07 Å². The molecule has 1 fully saturated rings. The second-order valence-electron chi connectivity index (χ2n) is 10.3. The van der Waals surface area contributed by atoms with Crippen LogP contribution in [0.5, 0.6) is 0 Å². The zero-order valence-corrected chi connectivity index (χ0v) is 22.4. The van der Waals surface area contributed by atoms with Crippen molar-refractivity contribution in [2.24, 2.45) is 13.0 Å². The minimum absolute atomic E-state index is 0.0205. The van der Waals surface area contributed by atoms with Crippen LogP contribution in [0.1, 0.15) is 44.7 Å². The lowest BCUT2D eigenvalue weighted by Gasteiger charge is -2.23. The lowest BCUT2D eigenvalue weighted by molar-refractivity contribution is -0.152. The number of aliphatic hydroxyl groups is 1. The summed E-state index contributed by atoms with van der Waals surface area (Å²) >= 11 is 0. The second-order valence-corrected chi connectivity index (χ2v) is 10.3. The van der Waals surface area contributed by atoms with Gasteiger partial charge in [-0.2, -0.15) is 0 Å². The molecule has 0 radical (unpaired) electrons. The molecule has 0 saturated carbocycles. The summed E-state index contributed by atoms with van der Waals surface area (Å²) in [5.41, 5.74) is 4.34. The van der Waals surface area contributed by atoms with Crippen LogP contribution in [0.15, 0.2) is 35.3 Å². The molecule has 2 atom stereocenters. The van der Waals surface area contributed by atoms with Gasteiger partial charge in [-0.3, -0.25) is 14.9 Å². The van der Waals surface area contributed by atoms with Gasteiger partial charge < -0.3 is 23.7 Å². The van der Waals surface area contributed by atoms with E-state index in [9.17, 15) is 14.7 Å². The van der Waals surface area contributed by atoms with Crippen molar-refractivity contribution in [3.05, 3.63) is 51.9 Å². The second kappa shape index (κ2) is 11.6. The molecule has 0 unspecified atom stereocenters. The van der Waals surface area contributed by atoms with E-state index in [1.807, 2.05) is 31.3 Å². The van der Waals surface area contributed by atoms with Crippen molar-refractivity contribution in [1.82, 2.24) is 19.4 Å². The Morgan fingerprint density at radius 3 is 2.62 bits per heavy atom. The van der Waals surface area contributed by atoms with E-state index in [1.54, 1.807) is 32.4 Å². The van der Waals surface area contributed by atoms with Gasteiger partial charge in [0.1, 0.15) is 11.9 Å². The van der Waals surface area contributed by atoms with Crippen LogP contribution in [0, 0.1) is 12.8 Å². The van der Waals surface area contributed by atoms with Crippen molar-refractivity contribution in [2.45, 2.75) is 71.9 Å². The topological polar surface area (TPSA) is 108 Å². The predicted octanol–water partition coefficient (Wildman–Crippen LogP) is 2.93. The van der Waals surface area contributed by atoms with Gasteiger partial charge in [0.25, 0.3) is 5.56 Å². The summed E-state index contributed by atoms with van der Waals surface area (Å²) in [7, 11) is 1.76. The van der Waals surface area contributed by atoms with Gasteiger partial charge in [0, 0.05) is 50.7 Å². The van der Waals surface area contributed by atoms with E-state index in [2.05, 4.69) is 16.0 Å². The zero-order valence-electron chi connectivity index (χ0n) is 22.4. The van der Waals surface area contributed by atoms with Crippen molar-refractivity contribution in [2.75, 3.05) is 13.2 Å². The average Bonchev–Trinajstić information content (AvgIpc) is 3.19. The van der Waals surface area contributed by atoms with Gasteiger partial charge >= 0.3 is 5.97 Å². The van der Waals surface area contributed by atoms with E-state index in [0.29, 0.717) is 18.0 Å². The molecule has 3 aromatic rings. The first-order valence-corrected chi connectivity index (χ1v) is 13.0. The highest BCUT2D eigenvalue weighted by molar-refractivity contribution is 5.81. The molecular weight excluding hydrogens is 472 g/mol. The number of pyridine rings is 1. The number of aliphatic hydroxyl groups excluding tert-OH is 1. The summed E-state index contributed by atoms with van der Waals surface area (Å²) in [5.74, 6) is 0.838. The van der Waals surface area contributed by atoms with E-state index in [0.717, 1.165) is 60.6 Å². The van der Waals surface area contributed by atoms with E-state index in [-0.39, 0.29) is 11.7 Å². The van der Waals surface area contributed by atoms with E-state index >= 15 is 0 Å². The Morgan fingerprint density at radius 2 is 1.97 bits per heavy atom. The number of carbonyl (C=O) groups excluding carboxylic acids is 1. The van der Waals surface area contributed by atoms with Crippen molar-refractivity contribution in [1.29, 1.82) is 0 Å². The maximum absolute atomic E-state index is 12.4. The van der Waals surface area contributed by atoms with Crippen LogP contribution in [-0.2, 0) is 34.4 Å². The third-order valence-corrected chi connectivity index (χ3v) is 6.83. The van der Waals surface area contributed by atoms with Crippen molar-refractivity contribution in [3.63, 3.8) is 0 Å². The van der Waals surface area contributed by atoms with Gasteiger partial charge in [-0.05, 0) is 70.2 Å². The molecule has 9 heteroatoms. The Kier molecular flexibility index (Phi) is 8.46. The molecule has 1 aromatic carbocycles. The summed E-state index contributed by atoms with van der Waals surface area (Å²) in [6, 6.07) is 7.16. The largest absolute Gasteiger partial charge is 0.462 e. The average molecular weight is 511 g/mol. The summed E-state index contributed by atoms with van der Waals surface area (Å²) in [6.07, 6.45) is 2.69. The minimum atomic E-state index is -0.895. The smallest absolute Gasteiger partial charge is 0.326 e. The quantitative estimate of drug-likeness (QED) is 0.426. The summed E-state index contributed by atoms with van der Waals surface area (Å²) in [6.45, 7) is 9.69. The Labute approximate surface area is 217 Å². The number of aryl methyl sites for hydroxylation is 2. The Morgan fingerprint density at radius 1 is 1.24 bits per heavy atom. The number of benzene rings is 1. The van der Waals surface area contributed by atoms with Crippen LogP contribution in [0.3, 0.4) is 0 Å². The van der Waals surface area contributed by atoms with Crippen LogP contribution in [0.25, 0.3) is 22.4 Å². The Bertz CT molecular complexity index is 1280. The third kappa shape index (κ3) is 6.29. The van der Waals surface area contributed by atoms with Crippen LogP contribution < -0.4 is 10.9 Å². The number of fused-ring (bicyclic) bond motifs is 1. The number of nitrogens with zero attached hydrogens (tertiary/aromatic N) is 3. The molecule has 200 valence electrons. The van der Waals surface area contributed by atoms with Crippen LogP contribution in [-0.4, -0.2) is 56.7 Å². The summed E-state index contributed by atoms with van der Waals surface area (Å²) in [4.78, 5) is 29.7. The molecule has 0 bridgehead atoms. The highest BCUT2D eigenvalue weighted by atomic mass is 16.5. The highest BCUT2D eigenvalue weighted by Crippen LogP contribution is 2.29. The maximum atomic E-state index is 12.4.